The fourth-order valence-electron chi connectivity index (χ4n) is 5.87. The van der Waals surface area contributed by atoms with Crippen molar-refractivity contribution < 1.29 is 15.0 Å². The van der Waals surface area contributed by atoms with Gasteiger partial charge in [-0.15, -0.1) is 13.2 Å². The number of aliphatic hydroxyl groups is 2. The van der Waals surface area contributed by atoms with Crippen LogP contribution in [0.1, 0.15) is 58.5 Å². The first-order valence-corrected chi connectivity index (χ1v) is 30.4. The van der Waals surface area contributed by atoms with Gasteiger partial charge in [-0.3, -0.25) is 19.7 Å². The Labute approximate surface area is 572 Å². The monoisotopic (exact) mass is 1290 g/mol. The van der Waals surface area contributed by atoms with Gasteiger partial charge in [0, 0.05) is 123 Å². The summed E-state index contributed by atoms with van der Waals surface area (Å²) >= 11 is 0. The minimum Gasteiger partial charge on any atom is -0.395 e. The summed E-state index contributed by atoms with van der Waals surface area (Å²) in [5, 5.41) is 22.7. The highest BCUT2D eigenvalue weighted by Gasteiger charge is 2.07. The molecule has 0 aliphatic heterocycles. The summed E-state index contributed by atoms with van der Waals surface area (Å²) in [6.07, 6.45) is 38.0. The summed E-state index contributed by atoms with van der Waals surface area (Å²) in [5.74, 6) is -0.270. The van der Waals surface area contributed by atoms with Gasteiger partial charge < -0.3 is 56.6 Å². The smallest absolute Gasteiger partial charge is 0.246 e. The molecule has 3 aromatic carbocycles. The number of carbonyl (C=O) groups is 1. The maximum absolute atomic E-state index is 10.9. The predicted octanol–water partition coefficient (Wildman–Crippen LogP) is 13.8. The molecule has 0 aliphatic rings. The van der Waals surface area contributed by atoms with E-state index in [9.17, 15) is 4.79 Å². The van der Waals surface area contributed by atoms with Gasteiger partial charge in [0.05, 0.1) is 37.8 Å². The predicted molar refractivity (Wildman–Crippen MR) is 413 cm³/mol. The van der Waals surface area contributed by atoms with Gasteiger partial charge in [-0.2, -0.15) is 0 Å². The first-order valence-electron chi connectivity index (χ1n) is 30.4. The van der Waals surface area contributed by atoms with Gasteiger partial charge in [-0.05, 0) is 115 Å². The molecule has 0 saturated carbocycles. The first kappa shape index (κ1) is 93.2. The molecule has 0 atom stereocenters. The Hall–Kier alpha value is -10.5. The summed E-state index contributed by atoms with van der Waals surface area (Å²) in [4.78, 5) is 36.5. The number of nitrogens with zero attached hydrogens (tertiary/aromatic N) is 9. The van der Waals surface area contributed by atoms with Crippen LogP contribution in [0.15, 0.2) is 288 Å². The zero-order chi connectivity index (χ0) is 72.4. The highest BCUT2D eigenvalue weighted by atomic mass is 16.3. The summed E-state index contributed by atoms with van der Waals surface area (Å²) < 4.78 is 1.78. The number of aromatic nitrogens is 6. The minimum absolute atomic E-state index is 0.0976. The number of nitrogens with two attached hydrogens (primary N) is 2. The van der Waals surface area contributed by atoms with Crippen LogP contribution in [0.25, 0.3) is 36.6 Å². The zero-order valence-corrected chi connectivity index (χ0v) is 58.0. The van der Waals surface area contributed by atoms with E-state index in [4.69, 9.17) is 21.7 Å². The van der Waals surface area contributed by atoms with Crippen LogP contribution in [-0.4, -0.2) is 146 Å². The average Bonchev–Trinajstić information content (AvgIpc) is 4.63. The standard InChI is InChI=1S/3C9H11N.C7H13NO3.2C7H7N.C7H13N.C6H13N.2C5H6N2.C4H9N.C3H7N/c1-2-8-3-5-9(7-10)6-4-8;1-2-8-4-3-5-9(6-8)7-10;1-2-10-8-9-6-4-3-5-7-9;1-2-7(11)8(3-5-9)4-6-10;1-2-7-3-5-8-6-4-7;1-2-7-4-3-5-8-6-7;1-4-6-8(3)7-5-2;1-4-7(5-2)6-3;1-2-5-3-6-4-7-5;1-2-7-4-3-6-5-7;1-4-5(2)3;1-3-4-2/h2*2-6H,1,7,10H2;2-7,10H,1,8H2;2,9-10H,1,3-6H2;2*2-6H,1H2;4-5H,1-2,6-7H2,3H3;4H,1,5-6H2,2-3H3;2-4H,1H2,(H,6,7);2-5H,1H2;4H,1H2,2-3H3;3-4H,1H2,2H3. The first-order chi connectivity index (χ1) is 46.0. The van der Waals surface area contributed by atoms with Crippen LogP contribution in [0, 0.1) is 0 Å². The van der Waals surface area contributed by atoms with Gasteiger partial charge in [-0.1, -0.05) is 194 Å². The van der Waals surface area contributed by atoms with Gasteiger partial charge >= 0.3 is 0 Å². The molecule has 0 radical (unpaired) electrons. The number of aromatic amines is 1. The van der Waals surface area contributed by atoms with E-state index in [1.54, 1.807) is 97.4 Å². The normalized spacial score (nSPS) is 8.62. The number of hydrogen-bond donors (Lipinski definition) is 7. The number of likely N-dealkylation sites (N-methyl/N-ethyl adjacent to an activating group) is 1. The second-order valence-corrected chi connectivity index (χ2v) is 18.6. The number of hydrogen-bond acceptors (Lipinski definition) is 14. The van der Waals surface area contributed by atoms with Crippen LogP contribution in [-0.2, 0) is 24.4 Å². The molecule has 1 amide bonds. The molecular weight excluding hydrogens is 1180 g/mol. The van der Waals surface area contributed by atoms with Crippen LogP contribution >= 0.6 is 0 Å². The Morgan fingerprint density at radius 2 is 1.12 bits per heavy atom. The van der Waals surface area contributed by atoms with Gasteiger partial charge in [-0.25, -0.2) is 9.97 Å². The Kier molecular flexibility index (Phi) is 71.1. The largest absolute Gasteiger partial charge is 0.395 e. The number of rotatable bonds is 25. The van der Waals surface area contributed by atoms with Gasteiger partial charge in [0.1, 0.15) is 0 Å². The Morgan fingerprint density at radius 1 is 0.579 bits per heavy atom. The lowest BCUT2D eigenvalue weighted by molar-refractivity contribution is -0.127. The summed E-state index contributed by atoms with van der Waals surface area (Å²) in [5.41, 5.74) is 19.8. The zero-order valence-electron chi connectivity index (χ0n) is 58.0. The SMILES string of the molecule is C=CC(=O)N(CCO)CCO.C=CCN(C)CC=C.C=CN(C)C.C=CN(CC)CC.C=CNC.C=CNCc1ccccc1.C=Cc1ccc(CN)cc1.C=Cc1cccc(CN)c1.C=Cc1cccnc1.C=Cc1ccncc1.C=Cc1cnc[nH]1.C=Cn1ccnc1. The number of nitrogens with one attached hydrogen (secondary N) is 3. The van der Waals surface area contributed by atoms with E-state index in [2.05, 4.69) is 157 Å². The summed E-state index contributed by atoms with van der Waals surface area (Å²) in [7, 11) is 7.72. The molecule has 4 heterocycles. The number of H-pyrrole nitrogens is 1. The van der Waals surface area contributed by atoms with Crippen LogP contribution in [0.4, 0.5) is 0 Å². The third-order valence-electron chi connectivity index (χ3n) is 11.3. The lowest BCUT2D eigenvalue weighted by Crippen LogP contribution is -2.34. The number of amides is 1. The molecule has 9 N–H and O–H groups in total. The topological polar surface area (TPSA) is 219 Å². The van der Waals surface area contributed by atoms with E-state index >= 15 is 0 Å². The lowest BCUT2D eigenvalue weighted by Gasteiger charge is -2.17. The lowest BCUT2D eigenvalue weighted by atomic mass is 10.1. The van der Waals surface area contributed by atoms with Crippen molar-refractivity contribution >= 4 is 42.5 Å². The number of carbonyl (C=O) groups excluding carboxylic acids is 1. The Balaban J connectivity index is -0.000000312. The van der Waals surface area contributed by atoms with Crippen molar-refractivity contribution in [2.75, 3.05) is 80.7 Å². The van der Waals surface area contributed by atoms with Crippen molar-refractivity contribution in [3.8, 4) is 0 Å². The molecule has 17 heteroatoms. The molecule has 4 aromatic heterocycles. The number of benzene rings is 3. The third kappa shape index (κ3) is 62.1. The Morgan fingerprint density at radius 3 is 1.44 bits per heavy atom. The summed E-state index contributed by atoms with van der Waals surface area (Å²) in [6.45, 7) is 56.7. The van der Waals surface area contributed by atoms with E-state index in [0.29, 0.717) is 13.1 Å². The van der Waals surface area contributed by atoms with Gasteiger partial charge in [0.25, 0.3) is 0 Å². The molecule has 7 aromatic rings. The Bertz CT molecular complexity index is 2850. The number of aliphatic hydroxyl groups excluding tert-OH is 2. The van der Waals surface area contributed by atoms with E-state index < -0.39 is 0 Å². The third-order valence-corrected chi connectivity index (χ3v) is 11.3. The summed E-state index contributed by atoms with van der Waals surface area (Å²) in [6, 6.07) is 34.0. The maximum Gasteiger partial charge on any atom is 0.246 e. The molecule has 0 spiro atoms. The maximum atomic E-state index is 10.9. The average molecular weight is 1300 g/mol. The number of pyridine rings is 2. The molecule has 0 unspecified atom stereocenters. The van der Waals surface area contributed by atoms with E-state index in [0.717, 1.165) is 77.9 Å². The van der Waals surface area contributed by atoms with Crippen molar-refractivity contribution in [2.24, 2.45) is 11.5 Å². The van der Waals surface area contributed by atoms with Crippen molar-refractivity contribution in [3.05, 3.63) is 332 Å². The van der Waals surface area contributed by atoms with Gasteiger partial charge in [0.2, 0.25) is 5.91 Å². The van der Waals surface area contributed by atoms with Crippen molar-refractivity contribution in [1.29, 1.82) is 0 Å². The highest BCUT2D eigenvalue weighted by molar-refractivity contribution is 5.87. The van der Waals surface area contributed by atoms with E-state index in [1.165, 1.54) is 10.5 Å². The molecule has 0 aliphatic carbocycles. The van der Waals surface area contributed by atoms with Crippen LogP contribution in [0.3, 0.4) is 0 Å². The van der Waals surface area contributed by atoms with Gasteiger partial charge in [0.15, 0.2) is 0 Å². The molecule has 0 fully saturated rings. The quantitative estimate of drug-likeness (QED) is 0.0209. The van der Waals surface area contributed by atoms with E-state index in [1.807, 2.05) is 161 Å². The van der Waals surface area contributed by atoms with Crippen LogP contribution in [0.5, 0.6) is 0 Å². The second kappa shape index (κ2) is 72.5. The van der Waals surface area contributed by atoms with E-state index in [-0.39, 0.29) is 32.2 Å². The second-order valence-electron chi connectivity index (χ2n) is 18.6. The highest BCUT2D eigenvalue weighted by Crippen LogP contribution is 2.06. The minimum atomic E-state index is -0.270. The van der Waals surface area contributed by atoms with Crippen LogP contribution < -0.4 is 22.1 Å². The molecular formula is C78H114N14O3. The molecule has 0 saturated heterocycles. The fourth-order valence-corrected chi connectivity index (χ4v) is 5.87. The molecule has 95 heavy (non-hydrogen) atoms. The molecule has 0 bridgehead atoms. The van der Waals surface area contributed by atoms with Crippen molar-refractivity contribution in [3.63, 3.8) is 0 Å². The molecule has 7 rings (SSSR count). The fraction of sp³-hybridized carbons (Fsp3) is 0.218. The van der Waals surface area contributed by atoms with Crippen molar-refractivity contribution in [1.82, 2.24) is 59.7 Å². The number of imidazole rings is 2. The molecule has 514 valence electrons. The molecule has 17 nitrogen and oxygen atoms in total. The van der Waals surface area contributed by atoms with Crippen molar-refractivity contribution in [2.45, 2.75) is 33.5 Å². The van der Waals surface area contributed by atoms with Crippen LogP contribution in [0.2, 0.25) is 0 Å².